The second kappa shape index (κ2) is 8.87. The number of amides is 1. The van der Waals surface area contributed by atoms with Crippen molar-refractivity contribution in [3.05, 3.63) is 70.3 Å². The van der Waals surface area contributed by atoms with Gasteiger partial charge in [-0.1, -0.05) is 23.7 Å². The zero-order valence-corrected chi connectivity index (χ0v) is 17.2. The molecule has 0 bridgehead atoms. The Morgan fingerprint density at radius 3 is 2.55 bits per heavy atom. The predicted molar refractivity (Wildman–Crippen MR) is 113 cm³/mol. The normalized spacial score (nSPS) is 11.9. The lowest BCUT2D eigenvalue weighted by molar-refractivity contribution is -0.118. The van der Waals surface area contributed by atoms with Crippen LogP contribution in [0.3, 0.4) is 0 Å². The Labute approximate surface area is 174 Å². The largest absolute Gasteiger partial charge is 0.508 e. The monoisotopic (exact) mass is 411 g/mol. The molecule has 1 aliphatic rings. The molecule has 4 rings (SSSR count). The van der Waals surface area contributed by atoms with E-state index in [0.29, 0.717) is 11.6 Å². The molecule has 2 aromatic carbocycles. The van der Waals surface area contributed by atoms with Crippen LogP contribution in [0.25, 0.3) is 5.69 Å². The molecule has 1 aromatic heterocycles. The third-order valence-corrected chi connectivity index (χ3v) is 4.54. The minimum atomic E-state index is 0.0394. The number of nitrogens with one attached hydrogen (secondary N) is 1. The van der Waals surface area contributed by atoms with Gasteiger partial charge in [0.15, 0.2) is 5.82 Å². The van der Waals surface area contributed by atoms with Gasteiger partial charge < -0.3 is 10.4 Å². The van der Waals surface area contributed by atoms with Gasteiger partial charge in [0.25, 0.3) is 0 Å². The van der Waals surface area contributed by atoms with Crippen LogP contribution in [0.2, 0.25) is 5.02 Å². The van der Waals surface area contributed by atoms with E-state index in [-0.39, 0.29) is 11.7 Å². The lowest BCUT2D eigenvalue weighted by Gasteiger charge is -2.13. The number of halogens is 1. The zero-order chi connectivity index (χ0) is 21.0. The molecule has 0 fully saturated rings. The number of carbonyl (C=O) groups is 1. The van der Waals surface area contributed by atoms with Crippen molar-refractivity contribution in [3.8, 4) is 11.4 Å². The summed E-state index contributed by atoms with van der Waals surface area (Å²) in [7, 11) is 0. The van der Waals surface area contributed by atoms with Crippen molar-refractivity contribution in [1.82, 2.24) is 20.1 Å². The summed E-state index contributed by atoms with van der Waals surface area (Å²) in [5, 5.41) is 21.5. The molecule has 1 amide bonds. The summed E-state index contributed by atoms with van der Waals surface area (Å²) >= 11 is 5.98. The molecular formula is C21H22ClN5O2. The first-order valence-corrected chi connectivity index (χ1v) is 9.58. The smallest absolute Gasteiger partial charge is 0.216 e. The van der Waals surface area contributed by atoms with Gasteiger partial charge in [0.1, 0.15) is 18.1 Å². The quantitative estimate of drug-likeness (QED) is 0.675. The second-order valence-electron chi connectivity index (χ2n) is 6.46. The van der Waals surface area contributed by atoms with Gasteiger partial charge in [0.2, 0.25) is 5.91 Å². The van der Waals surface area contributed by atoms with Gasteiger partial charge in [-0.05, 0) is 44.2 Å². The molecule has 29 heavy (non-hydrogen) atoms. The fourth-order valence-corrected chi connectivity index (χ4v) is 3.20. The first kappa shape index (κ1) is 20.5. The van der Waals surface area contributed by atoms with Crippen LogP contribution >= 0.6 is 11.6 Å². The Kier molecular flexibility index (Phi) is 6.29. The number of aromatic nitrogens is 3. The van der Waals surface area contributed by atoms with E-state index in [1.807, 2.05) is 48.7 Å². The highest BCUT2D eigenvalue weighted by Crippen LogP contribution is 2.28. The summed E-state index contributed by atoms with van der Waals surface area (Å²) in [5.41, 5.74) is 3.50. The molecule has 0 spiro atoms. The summed E-state index contributed by atoms with van der Waals surface area (Å²) in [6, 6.07) is 12.8. The highest BCUT2D eigenvalue weighted by molar-refractivity contribution is 6.30. The Hall–Kier alpha value is -3.19. The second-order valence-corrected chi connectivity index (χ2v) is 6.89. The summed E-state index contributed by atoms with van der Waals surface area (Å²) in [4.78, 5) is 14.6. The first-order chi connectivity index (χ1) is 13.9. The maximum Gasteiger partial charge on any atom is 0.216 e. The van der Waals surface area contributed by atoms with E-state index >= 15 is 0 Å². The number of phenols is 1. The van der Waals surface area contributed by atoms with E-state index in [2.05, 4.69) is 15.5 Å². The molecule has 2 heterocycles. The van der Waals surface area contributed by atoms with Crippen molar-refractivity contribution < 1.29 is 9.90 Å². The van der Waals surface area contributed by atoms with Crippen molar-refractivity contribution in [3.63, 3.8) is 0 Å². The number of aromatic hydroxyl groups is 1. The SMILES string of the molecule is CCNC(C)=O.Cc1nnc2n1-c1ccc(O)cc1C(c1ccc(Cl)cc1)=NC2. The van der Waals surface area contributed by atoms with E-state index < -0.39 is 0 Å². The van der Waals surface area contributed by atoms with Crippen molar-refractivity contribution in [2.24, 2.45) is 4.99 Å². The van der Waals surface area contributed by atoms with Crippen LogP contribution in [0.5, 0.6) is 5.75 Å². The topological polar surface area (TPSA) is 92.4 Å². The third kappa shape index (κ3) is 4.63. The van der Waals surface area contributed by atoms with Crippen molar-refractivity contribution in [2.75, 3.05) is 6.54 Å². The Morgan fingerprint density at radius 1 is 1.21 bits per heavy atom. The molecule has 0 aliphatic carbocycles. The maximum absolute atomic E-state index is 9.94. The zero-order valence-electron chi connectivity index (χ0n) is 16.5. The van der Waals surface area contributed by atoms with Gasteiger partial charge in [0.05, 0.1) is 11.4 Å². The number of phenolic OH excluding ortho intramolecular Hbond substituents is 1. The molecular weight excluding hydrogens is 390 g/mol. The number of benzene rings is 2. The Bertz CT molecular complexity index is 1060. The van der Waals surface area contributed by atoms with E-state index in [1.54, 1.807) is 12.1 Å². The average molecular weight is 412 g/mol. The molecule has 3 aromatic rings. The van der Waals surface area contributed by atoms with E-state index in [9.17, 15) is 9.90 Å². The van der Waals surface area contributed by atoms with Gasteiger partial charge in [-0.3, -0.25) is 14.4 Å². The van der Waals surface area contributed by atoms with Gasteiger partial charge in [0, 0.05) is 29.6 Å². The standard InChI is InChI=1S/C17H13ClN4O.C4H9NO/c1-10-20-21-16-9-19-17(11-2-4-12(18)5-3-11)14-8-13(23)6-7-15(14)22(10)16;1-3-5-4(2)6/h2-8,23H,9H2,1H3;3H2,1-2H3,(H,5,6). The molecule has 8 heteroatoms. The van der Waals surface area contributed by atoms with Gasteiger partial charge >= 0.3 is 0 Å². The van der Waals surface area contributed by atoms with Gasteiger partial charge in [-0.15, -0.1) is 10.2 Å². The fourth-order valence-electron chi connectivity index (χ4n) is 3.07. The summed E-state index contributed by atoms with van der Waals surface area (Å²) in [6.07, 6.45) is 0. The average Bonchev–Trinajstić information content (AvgIpc) is 2.96. The van der Waals surface area contributed by atoms with E-state index in [1.165, 1.54) is 6.92 Å². The van der Waals surface area contributed by atoms with Gasteiger partial charge in [-0.25, -0.2) is 0 Å². The highest BCUT2D eigenvalue weighted by atomic mass is 35.5. The Balaban J connectivity index is 0.000000353. The Morgan fingerprint density at radius 2 is 1.93 bits per heavy atom. The minimum absolute atomic E-state index is 0.0394. The van der Waals surface area contributed by atoms with Gasteiger partial charge in [-0.2, -0.15) is 0 Å². The number of aliphatic imine (C=N–C) groups is 1. The van der Waals surface area contributed by atoms with Crippen LogP contribution < -0.4 is 5.32 Å². The highest BCUT2D eigenvalue weighted by Gasteiger charge is 2.21. The summed E-state index contributed by atoms with van der Waals surface area (Å²) < 4.78 is 1.97. The number of nitrogens with zero attached hydrogens (tertiary/aromatic N) is 4. The number of hydrogen-bond donors (Lipinski definition) is 2. The molecule has 0 saturated carbocycles. The molecule has 1 aliphatic heterocycles. The number of aryl methyl sites for hydroxylation is 1. The van der Waals surface area contributed by atoms with E-state index in [0.717, 1.165) is 40.7 Å². The molecule has 0 unspecified atom stereocenters. The predicted octanol–water partition coefficient (Wildman–Crippen LogP) is 3.43. The maximum atomic E-state index is 9.94. The number of hydrogen-bond acceptors (Lipinski definition) is 5. The lowest BCUT2D eigenvalue weighted by atomic mass is 10.00. The van der Waals surface area contributed by atoms with Crippen molar-refractivity contribution >= 4 is 23.2 Å². The first-order valence-electron chi connectivity index (χ1n) is 9.20. The minimum Gasteiger partial charge on any atom is -0.508 e. The summed E-state index contributed by atoms with van der Waals surface area (Å²) in [6.45, 7) is 6.45. The molecule has 0 saturated heterocycles. The summed E-state index contributed by atoms with van der Waals surface area (Å²) in [5.74, 6) is 1.80. The van der Waals surface area contributed by atoms with Crippen molar-refractivity contribution in [2.45, 2.75) is 27.3 Å². The third-order valence-electron chi connectivity index (χ3n) is 4.29. The van der Waals surface area contributed by atoms with Crippen LogP contribution in [-0.4, -0.2) is 38.0 Å². The van der Waals surface area contributed by atoms with Crippen LogP contribution in [0.4, 0.5) is 0 Å². The van der Waals surface area contributed by atoms with Crippen LogP contribution in [0.1, 0.15) is 36.6 Å². The van der Waals surface area contributed by atoms with Crippen molar-refractivity contribution in [1.29, 1.82) is 0 Å². The number of carbonyl (C=O) groups excluding carboxylic acids is 1. The lowest BCUT2D eigenvalue weighted by Crippen LogP contribution is -2.18. The van der Waals surface area contributed by atoms with E-state index in [4.69, 9.17) is 16.6 Å². The molecule has 150 valence electrons. The molecule has 2 N–H and O–H groups in total. The van der Waals surface area contributed by atoms with Crippen LogP contribution in [0.15, 0.2) is 47.5 Å². The molecule has 0 atom stereocenters. The molecule has 7 nitrogen and oxygen atoms in total. The van der Waals surface area contributed by atoms with Crippen LogP contribution in [0, 0.1) is 6.92 Å². The number of rotatable bonds is 2. The number of fused-ring (bicyclic) bond motifs is 3. The molecule has 0 radical (unpaired) electrons. The van der Waals surface area contributed by atoms with Crippen LogP contribution in [-0.2, 0) is 11.3 Å². The fraction of sp³-hybridized carbons (Fsp3) is 0.238.